The van der Waals surface area contributed by atoms with Gasteiger partial charge in [0.05, 0.1) is 11.6 Å². The molecule has 4 heteroatoms. The van der Waals surface area contributed by atoms with Gasteiger partial charge in [-0.25, -0.2) is 0 Å². The number of hydrogen-bond acceptors (Lipinski definition) is 3. The summed E-state index contributed by atoms with van der Waals surface area (Å²) in [4.78, 5) is 2.57. The van der Waals surface area contributed by atoms with Crippen LogP contribution in [0.5, 0.6) is 0 Å². The van der Waals surface area contributed by atoms with E-state index in [4.69, 9.17) is 5.26 Å². The lowest BCUT2D eigenvalue weighted by Gasteiger charge is -2.08. The maximum atomic E-state index is 8.90. The molecule has 0 spiro atoms. The van der Waals surface area contributed by atoms with Crippen molar-refractivity contribution in [3.63, 3.8) is 0 Å². The fourth-order valence-corrected chi connectivity index (χ4v) is 3.21. The van der Waals surface area contributed by atoms with Crippen LogP contribution in [-0.2, 0) is 6.54 Å². The Morgan fingerprint density at radius 3 is 2.72 bits per heavy atom. The minimum atomic E-state index is 0.687. The molecule has 2 aromatic rings. The number of aryl methyl sites for hydroxylation is 2. The zero-order chi connectivity index (χ0) is 13.1. The minimum absolute atomic E-state index is 0.687. The van der Waals surface area contributed by atoms with E-state index in [1.165, 1.54) is 9.75 Å². The first-order valence-electron chi connectivity index (χ1n) is 5.59. The van der Waals surface area contributed by atoms with Gasteiger partial charge in [-0.3, -0.25) is 0 Å². The average Bonchev–Trinajstić information content (AvgIpc) is 2.68. The minimum Gasteiger partial charge on any atom is -0.380 e. The molecular formula is C14H13BrN2S. The van der Waals surface area contributed by atoms with E-state index in [1.54, 1.807) is 11.3 Å². The number of nitrogens with one attached hydrogen (secondary N) is 1. The maximum Gasteiger partial charge on any atom is 0.0992 e. The van der Waals surface area contributed by atoms with E-state index in [9.17, 15) is 0 Å². The van der Waals surface area contributed by atoms with Crippen molar-refractivity contribution >= 4 is 33.0 Å². The highest BCUT2D eigenvalue weighted by atomic mass is 79.9. The molecule has 0 aliphatic rings. The maximum absolute atomic E-state index is 8.90. The summed E-state index contributed by atoms with van der Waals surface area (Å²) in [6.07, 6.45) is 0. The molecule has 2 nitrogen and oxygen atoms in total. The quantitative estimate of drug-likeness (QED) is 0.896. The van der Waals surface area contributed by atoms with Crippen LogP contribution in [0.2, 0.25) is 0 Å². The predicted molar refractivity (Wildman–Crippen MR) is 80.0 cm³/mol. The first-order chi connectivity index (χ1) is 8.60. The second-order valence-electron chi connectivity index (χ2n) is 4.11. The van der Waals surface area contributed by atoms with E-state index in [0.29, 0.717) is 5.56 Å². The Hall–Kier alpha value is -1.31. The summed E-state index contributed by atoms with van der Waals surface area (Å²) in [6.45, 7) is 4.92. The van der Waals surface area contributed by atoms with E-state index in [1.807, 2.05) is 25.1 Å². The lowest BCUT2D eigenvalue weighted by atomic mass is 10.1. The standard InChI is InChI=1S/C14H13BrN2S/c1-9-3-4-11(7-16)5-14(9)17-8-12-6-13(15)10(2)18-12/h3-6,17H,8H2,1-2H3. The van der Waals surface area contributed by atoms with Crippen LogP contribution >= 0.6 is 27.3 Å². The van der Waals surface area contributed by atoms with Gasteiger partial charge in [0, 0.05) is 26.5 Å². The summed E-state index contributed by atoms with van der Waals surface area (Å²) in [6, 6.07) is 10.00. The Balaban J connectivity index is 2.13. The third-order valence-electron chi connectivity index (χ3n) is 2.73. The monoisotopic (exact) mass is 320 g/mol. The average molecular weight is 321 g/mol. The number of rotatable bonds is 3. The highest BCUT2D eigenvalue weighted by Gasteiger charge is 2.04. The van der Waals surface area contributed by atoms with Crippen LogP contribution in [0.25, 0.3) is 0 Å². The van der Waals surface area contributed by atoms with E-state index < -0.39 is 0 Å². The Labute approximate surface area is 119 Å². The molecule has 0 atom stereocenters. The number of thiophene rings is 1. The Morgan fingerprint density at radius 2 is 2.11 bits per heavy atom. The number of benzene rings is 1. The molecule has 18 heavy (non-hydrogen) atoms. The van der Waals surface area contributed by atoms with Gasteiger partial charge < -0.3 is 5.32 Å². The fraction of sp³-hybridized carbons (Fsp3) is 0.214. The Kier molecular flexibility index (Phi) is 4.05. The van der Waals surface area contributed by atoms with Crippen LogP contribution in [0, 0.1) is 25.2 Å². The second kappa shape index (κ2) is 5.55. The Bertz CT molecular complexity index is 591. The van der Waals surface area contributed by atoms with Crippen LogP contribution in [-0.4, -0.2) is 0 Å². The summed E-state index contributed by atoms with van der Waals surface area (Å²) >= 11 is 5.29. The summed E-state index contributed by atoms with van der Waals surface area (Å²) in [5, 5.41) is 12.3. The summed E-state index contributed by atoms with van der Waals surface area (Å²) in [5.41, 5.74) is 2.87. The highest BCUT2D eigenvalue weighted by Crippen LogP contribution is 2.27. The zero-order valence-electron chi connectivity index (χ0n) is 10.2. The van der Waals surface area contributed by atoms with E-state index in [0.717, 1.165) is 22.3 Å². The second-order valence-corrected chi connectivity index (χ2v) is 6.31. The zero-order valence-corrected chi connectivity index (χ0v) is 12.7. The molecule has 0 aliphatic heterocycles. The topological polar surface area (TPSA) is 35.8 Å². The molecule has 0 saturated heterocycles. The van der Waals surface area contributed by atoms with Gasteiger partial charge in [-0.1, -0.05) is 6.07 Å². The summed E-state index contributed by atoms with van der Waals surface area (Å²) in [5.74, 6) is 0. The van der Waals surface area contributed by atoms with Gasteiger partial charge in [0.15, 0.2) is 0 Å². The molecule has 1 aromatic heterocycles. The molecule has 1 heterocycles. The van der Waals surface area contributed by atoms with Gasteiger partial charge in [-0.2, -0.15) is 5.26 Å². The van der Waals surface area contributed by atoms with E-state index in [-0.39, 0.29) is 0 Å². The first kappa shape index (κ1) is 13.1. The molecule has 1 N–H and O–H groups in total. The number of nitriles is 1. The molecule has 0 fully saturated rings. The molecule has 1 aromatic carbocycles. The van der Waals surface area contributed by atoms with Gasteiger partial charge in [-0.15, -0.1) is 11.3 Å². The van der Waals surface area contributed by atoms with Crippen molar-refractivity contribution in [3.05, 3.63) is 49.6 Å². The van der Waals surface area contributed by atoms with Crippen molar-refractivity contribution in [2.24, 2.45) is 0 Å². The first-order valence-corrected chi connectivity index (χ1v) is 7.20. The molecular weight excluding hydrogens is 308 g/mol. The van der Waals surface area contributed by atoms with Crippen molar-refractivity contribution in [1.29, 1.82) is 5.26 Å². The molecule has 0 radical (unpaired) electrons. The molecule has 2 rings (SSSR count). The van der Waals surface area contributed by atoms with Crippen LogP contribution in [0.3, 0.4) is 0 Å². The summed E-state index contributed by atoms with van der Waals surface area (Å²) in [7, 11) is 0. The number of anilines is 1. The Morgan fingerprint density at radius 1 is 1.33 bits per heavy atom. The normalized spacial score (nSPS) is 10.1. The smallest absolute Gasteiger partial charge is 0.0992 e. The number of hydrogen-bond donors (Lipinski definition) is 1. The van der Waals surface area contributed by atoms with Gasteiger partial charge in [0.2, 0.25) is 0 Å². The van der Waals surface area contributed by atoms with Crippen LogP contribution in [0.4, 0.5) is 5.69 Å². The van der Waals surface area contributed by atoms with E-state index in [2.05, 4.69) is 40.3 Å². The van der Waals surface area contributed by atoms with Gasteiger partial charge in [0.1, 0.15) is 0 Å². The van der Waals surface area contributed by atoms with Gasteiger partial charge >= 0.3 is 0 Å². The van der Waals surface area contributed by atoms with Crippen molar-refractivity contribution in [1.82, 2.24) is 0 Å². The molecule has 0 unspecified atom stereocenters. The third kappa shape index (κ3) is 2.92. The SMILES string of the molecule is Cc1ccc(C#N)cc1NCc1cc(Br)c(C)s1. The molecule has 0 bridgehead atoms. The van der Waals surface area contributed by atoms with Crippen LogP contribution in [0.1, 0.15) is 20.9 Å². The van der Waals surface area contributed by atoms with Gasteiger partial charge in [-0.05, 0) is 53.5 Å². The molecule has 0 amide bonds. The molecule has 0 saturated carbocycles. The lowest BCUT2D eigenvalue weighted by Crippen LogP contribution is -1.99. The van der Waals surface area contributed by atoms with Crippen molar-refractivity contribution in [2.45, 2.75) is 20.4 Å². The predicted octanol–water partition coefficient (Wildman–Crippen LogP) is 4.61. The van der Waals surface area contributed by atoms with Crippen molar-refractivity contribution in [3.8, 4) is 6.07 Å². The van der Waals surface area contributed by atoms with Crippen molar-refractivity contribution < 1.29 is 0 Å². The van der Waals surface area contributed by atoms with Gasteiger partial charge in [0.25, 0.3) is 0 Å². The van der Waals surface area contributed by atoms with Crippen LogP contribution in [0.15, 0.2) is 28.7 Å². The number of halogens is 1. The molecule has 92 valence electrons. The number of nitrogens with zero attached hydrogens (tertiary/aromatic N) is 1. The third-order valence-corrected chi connectivity index (χ3v) is 4.86. The largest absolute Gasteiger partial charge is 0.380 e. The highest BCUT2D eigenvalue weighted by molar-refractivity contribution is 9.10. The lowest BCUT2D eigenvalue weighted by molar-refractivity contribution is 1.18. The van der Waals surface area contributed by atoms with Crippen LogP contribution < -0.4 is 5.32 Å². The summed E-state index contributed by atoms with van der Waals surface area (Å²) < 4.78 is 1.16. The van der Waals surface area contributed by atoms with E-state index >= 15 is 0 Å². The van der Waals surface area contributed by atoms with Crippen molar-refractivity contribution in [2.75, 3.05) is 5.32 Å². The molecule has 0 aliphatic carbocycles. The fourth-order valence-electron chi connectivity index (χ4n) is 1.67.